The molecule has 2 aromatic heterocycles. The van der Waals surface area contributed by atoms with Gasteiger partial charge in [-0.1, -0.05) is 43.2 Å². The number of hydrogen-bond acceptors (Lipinski definition) is 7. The summed E-state index contributed by atoms with van der Waals surface area (Å²) in [5.74, 6) is 0.155. The molecule has 1 aliphatic rings. The largest absolute Gasteiger partial charge is 0.453 e. The molecule has 7 nitrogen and oxygen atoms in total. The van der Waals surface area contributed by atoms with Crippen molar-refractivity contribution in [2.75, 3.05) is 25.0 Å². The molecule has 9 heteroatoms. The van der Waals surface area contributed by atoms with Gasteiger partial charge in [0.05, 0.1) is 17.1 Å². The van der Waals surface area contributed by atoms with Crippen LogP contribution in [0.2, 0.25) is 0 Å². The molecular formula is C25H25N3O4S2. The molecule has 0 atom stereocenters. The summed E-state index contributed by atoms with van der Waals surface area (Å²) < 4.78 is 33.2. The molecule has 176 valence electrons. The van der Waals surface area contributed by atoms with E-state index in [1.54, 1.807) is 34.6 Å². The Morgan fingerprint density at radius 3 is 2.50 bits per heavy atom. The van der Waals surface area contributed by atoms with Crippen molar-refractivity contribution in [3.05, 3.63) is 65.7 Å². The second kappa shape index (κ2) is 9.69. The molecule has 4 aromatic rings. The summed E-state index contributed by atoms with van der Waals surface area (Å²) in [5, 5.41) is 6.44. The van der Waals surface area contributed by atoms with E-state index in [0.717, 1.165) is 42.3 Å². The third kappa shape index (κ3) is 4.77. The van der Waals surface area contributed by atoms with Crippen LogP contribution in [-0.4, -0.2) is 43.1 Å². The van der Waals surface area contributed by atoms with E-state index >= 15 is 0 Å². The van der Waals surface area contributed by atoms with Gasteiger partial charge in [0.25, 0.3) is 0 Å². The number of para-hydroxylation sites is 1. The molecular weight excluding hydrogens is 470 g/mol. The molecule has 0 amide bonds. The summed E-state index contributed by atoms with van der Waals surface area (Å²) in [4.78, 5) is 17.4. The highest BCUT2D eigenvalue weighted by atomic mass is 32.2. The van der Waals surface area contributed by atoms with E-state index in [1.165, 1.54) is 11.3 Å². The highest BCUT2D eigenvalue weighted by Gasteiger charge is 2.25. The zero-order chi connectivity index (χ0) is 23.5. The van der Waals surface area contributed by atoms with Gasteiger partial charge in [-0.15, -0.1) is 11.3 Å². The van der Waals surface area contributed by atoms with Crippen LogP contribution in [0, 0.1) is 0 Å². The van der Waals surface area contributed by atoms with E-state index in [2.05, 4.69) is 10.3 Å². The van der Waals surface area contributed by atoms with Crippen LogP contribution in [-0.2, 0) is 10.0 Å². The van der Waals surface area contributed by atoms with Gasteiger partial charge in [-0.05, 0) is 37.1 Å². The van der Waals surface area contributed by atoms with Gasteiger partial charge in [0.1, 0.15) is 5.58 Å². The maximum atomic E-state index is 13.0. The van der Waals surface area contributed by atoms with Crippen LogP contribution in [0.1, 0.15) is 36.2 Å². The number of anilines is 1. The number of Topliss-reactive ketones (excluding diaryl/α,β-unsaturated/α-hetero) is 1. The van der Waals surface area contributed by atoms with Crippen LogP contribution in [0.3, 0.4) is 0 Å². The molecule has 0 radical (unpaired) electrons. The van der Waals surface area contributed by atoms with Gasteiger partial charge in [0, 0.05) is 29.4 Å². The Morgan fingerprint density at radius 1 is 1.03 bits per heavy atom. The minimum absolute atomic E-state index is 0.0692. The number of nitrogens with zero attached hydrogens (tertiary/aromatic N) is 2. The first-order valence-corrected chi connectivity index (χ1v) is 13.6. The molecule has 2 aromatic carbocycles. The second-order valence-electron chi connectivity index (χ2n) is 8.31. The zero-order valence-corrected chi connectivity index (χ0v) is 20.2. The molecule has 0 bridgehead atoms. The maximum Gasteiger partial charge on any atom is 0.243 e. The van der Waals surface area contributed by atoms with Crippen molar-refractivity contribution in [1.82, 2.24) is 9.29 Å². The first kappa shape index (κ1) is 22.8. The molecule has 1 fully saturated rings. The maximum absolute atomic E-state index is 13.0. The summed E-state index contributed by atoms with van der Waals surface area (Å²) >= 11 is 1.39. The van der Waals surface area contributed by atoms with Crippen molar-refractivity contribution in [2.24, 2.45) is 0 Å². The van der Waals surface area contributed by atoms with E-state index < -0.39 is 10.0 Å². The van der Waals surface area contributed by atoms with Crippen LogP contribution in [0.4, 0.5) is 5.13 Å². The van der Waals surface area contributed by atoms with Crippen LogP contribution >= 0.6 is 11.3 Å². The Labute approximate surface area is 202 Å². The monoisotopic (exact) mass is 495 g/mol. The van der Waals surface area contributed by atoms with Crippen LogP contribution < -0.4 is 5.32 Å². The minimum atomic E-state index is -3.48. The van der Waals surface area contributed by atoms with Crippen molar-refractivity contribution in [3.63, 3.8) is 0 Å². The van der Waals surface area contributed by atoms with Crippen molar-refractivity contribution in [2.45, 2.75) is 30.6 Å². The SMILES string of the molecule is O=C(CNc1nc(-c2ccc(S(=O)(=O)N3CCCCCC3)cc2)cs1)c1cc2ccccc2o1. The number of ketones is 1. The summed E-state index contributed by atoms with van der Waals surface area (Å²) in [7, 11) is -3.48. The second-order valence-corrected chi connectivity index (χ2v) is 11.1. The Morgan fingerprint density at radius 2 is 1.76 bits per heavy atom. The molecule has 34 heavy (non-hydrogen) atoms. The standard InChI is InChI=1S/C25H25N3O4S2/c29-22(24-15-19-7-3-4-8-23(19)32-24)16-26-25-27-21(17-33-25)18-9-11-20(12-10-18)34(30,31)28-13-5-1-2-6-14-28/h3-4,7-12,15,17H,1-2,5-6,13-14,16H2,(H,26,27). The molecule has 0 saturated carbocycles. The Balaban J connectivity index is 1.24. The number of aromatic nitrogens is 1. The van der Waals surface area contributed by atoms with Crippen LogP contribution in [0.15, 0.2) is 69.3 Å². The smallest absolute Gasteiger partial charge is 0.243 e. The number of sulfonamides is 1. The number of hydrogen-bond donors (Lipinski definition) is 1. The summed E-state index contributed by atoms with van der Waals surface area (Å²) in [6, 6.07) is 16.1. The van der Waals surface area contributed by atoms with Crippen molar-refractivity contribution >= 4 is 43.2 Å². The quantitative estimate of drug-likeness (QED) is 0.344. The van der Waals surface area contributed by atoms with E-state index in [0.29, 0.717) is 34.5 Å². The lowest BCUT2D eigenvalue weighted by atomic mass is 10.2. The number of nitrogens with one attached hydrogen (secondary N) is 1. The van der Waals surface area contributed by atoms with E-state index in [9.17, 15) is 13.2 Å². The fraction of sp³-hybridized carbons (Fsp3) is 0.280. The molecule has 0 aliphatic carbocycles. The van der Waals surface area contributed by atoms with E-state index in [-0.39, 0.29) is 12.3 Å². The fourth-order valence-electron chi connectivity index (χ4n) is 4.08. The topological polar surface area (TPSA) is 92.5 Å². The Bertz CT molecular complexity index is 1370. The number of carbonyl (C=O) groups excluding carboxylic acids is 1. The van der Waals surface area contributed by atoms with Gasteiger partial charge in [-0.25, -0.2) is 13.4 Å². The van der Waals surface area contributed by atoms with Crippen LogP contribution in [0.25, 0.3) is 22.2 Å². The lowest BCUT2D eigenvalue weighted by molar-refractivity contribution is 0.0982. The molecule has 1 N–H and O–H groups in total. The summed E-state index contributed by atoms with van der Waals surface area (Å²) in [5.41, 5.74) is 2.23. The zero-order valence-electron chi connectivity index (χ0n) is 18.6. The third-order valence-corrected chi connectivity index (χ3v) is 8.67. The summed E-state index contributed by atoms with van der Waals surface area (Å²) in [6.07, 6.45) is 3.97. The van der Waals surface area contributed by atoms with E-state index in [4.69, 9.17) is 4.42 Å². The normalized spacial score (nSPS) is 15.3. The van der Waals surface area contributed by atoms with Crippen LogP contribution in [0.5, 0.6) is 0 Å². The van der Waals surface area contributed by atoms with Gasteiger partial charge in [-0.2, -0.15) is 4.31 Å². The molecule has 0 spiro atoms. The van der Waals surface area contributed by atoms with Gasteiger partial charge in [0.2, 0.25) is 15.8 Å². The third-order valence-electron chi connectivity index (χ3n) is 5.96. The molecule has 0 unspecified atom stereocenters. The average molecular weight is 496 g/mol. The van der Waals surface area contributed by atoms with Crippen molar-refractivity contribution in [3.8, 4) is 11.3 Å². The van der Waals surface area contributed by atoms with Crippen molar-refractivity contribution in [1.29, 1.82) is 0 Å². The predicted octanol–water partition coefficient (Wildman–Crippen LogP) is 5.42. The van der Waals surface area contributed by atoms with Crippen molar-refractivity contribution < 1.29 is 17.6 Å². The number of carbonyl (C=O) groups is 1. The number of benzene rings is 2. The predicted molar refractivity (Wildman–Crippen MR) is 134 cm³/mol. The average Bonchev–Trinajstić information content (AvgIpc) is 3.41. The number of rotatable bonds is 7. The number of thiazole rings is 1. The molecule has 3 heterocycles. The molecule has 1 saturated heterocycles. The van der Waals surface area contributed by atoms with Gasteiger partial charge in [0.15, 0.2) is 10.9 Å². The highest BCUT2D eigenvalue weighted by Crippen LogP contribution is 2.27. The minimum Gasteiger partial charge on any atom is -0.453 e. The van der Waals surface area contributed by atoms with Gasteiger partial charge < -0.3 is 9.73 Å². The molecule has 5 rings (SSSR count). The summed E-state index contributed by atoms with van der Waals surface area (Å²) in [6.45, 7) is 1.23. The number of furan rings is 1. The van der Waals surface area contributed by atoms with E-state index in [1.807, 2.05) is 29.6 Å². The molecule has 1 aliphatic heterocycles. The number of fused-ring (bicyclic) bond motifs is 1. The van der Waals surface area contributed by atoms with Gasteiger partial charge >= 0.3 is 0 Å². The first-order chi connectivity index (χ1) is 16.5. The fourth-order valence-corrected chi connectivity index (χ4v) is 6.31. The Kier molecular flexibility index (Phi) is 6.49. The Hall–Kier alpha value is -3.01. The first-order valence-electron chi connectivity index (χ1n) is 11.3. The lowest BCUT2D eigenvalue weighted by Gasteiger charge is -2.19. The lowest BCUT2D eigenvalue weighted by Crippen LogP contribution is -2.31. The van der Waals surface area contributed by atoms with Gasteiger partial charge in [-0.3, -0.25) is 4.79 Å². The highest BCUT2D eigenvalue weighted by molar-refractivity contribution is 7.89.